The third-order valence-corrected chi connectivity index (χ3v) is 3.78. The highest BCUT2D eigenvalue weighted by atomic mass is 15.1. The molecule has 0 bridgehead atoms. The van der Waals surface area contributed by atoms with Gasteiger partial charge in [-0.2, -0.15) is 0 Å². The van der Waals surface area contributed by atoms with E-state index >= 15 is 0 Å². The summed E-state index contributed by atoms with van der Waals surface area (Å²) in [6.45, 7) is 11.5. The standard InChI is InChI=1S/C17H28N2/c1-14(2)11-18-12-15(3)13-19-10-6-8-16-7-4-5-9-17(16)19/h4-5,7,9,14-15,18H,6,8,10-13H2,1-3H3. The zero-order valence-corrected chi connectivity index (χ0v) is 12.7. The molecule has 1 aromatic rings. The van der Waals surface area contributed by atoms with Crippen molar-refractivity contribution in [1.82, 2.24) is 5.32 Å². The Kier molecular flexibility index (Phi) is 5.26. The van der Waals surface area contributed by atoms with Gasteiger partial charge in [0.15, 0.2) is 0 Å². The van der Waals surface area contributed by atoms with Crippen LogP contribution in [0, 0.1) is 11.8 Å². The van der Waals surface area contributed by atoms with Gasteiger partial charge in [-0.05, 0) is 49.4 Å². The number of hydrogen-bond donors (Lipinski definition) is 1. The number of anilines is 1. The molecule has 1 aromatic carbocycles. The number of nitrogens with zero attached hydrogens (tertiary/aromatic N) is 1. The van der Waals surface area contributed by atoms with Crippen molar-refractivity contribution >= 4 is 5.69 Å². The maximum atomic E-state index is 3.57. The van der Waals surface area contributed by atoms with E-state index in [2.05, 4.69) is 55.3 Å². The molecule has 0 radical (unpaired) electrons. The van der Waals surface area contributed by atoms with Crippen molar-refractivity contribution in [3.63, 3.8) is 0 Å². The second-order valence-corrected chi connectivity index (χ2v) is 6.34. The van der Waals surface area contributed by atoms with Crippen LogP contribution >= 0.6 is 0 Å². The first kappa shape index (κ1) is 14.4. The molecule has 0 saturated heterocycles. The minimum atomic E-state index is 0.699. The van der Waals surface area contributed by atoms with E-state index in [-0.39, 0.29) is 0 Å². The fourth-order valence-electron chi connectivity index (χ4n) is 2.86. The Balaban J connectivity index is 1.86. The van der Waals surface area contributed by atoms with E-state index in [1.807, 2.05) is 0 Å². The van der Waals surface area contributed by atoms with Gasteiger partial charge in [0.2, 0.25) is 0 Å². The molecule has 0 spiro atoms. The Labute approximate surface area is 118 Å². The van der Waals surface area contributed by atoms with Gasteiger partial charge in [-0.1, -0.05) is 39.0 Å². The average molecular weight is 260 g/mol. The van der Waals surface area contributed by atoms with Crippen molar-refractivity contribution in [1.29, 1.82) is 0 Å². The van der Waals surface area contributed by atoms with Crippen LogP contribution in [0.1, 0.15) is 32.8 Å². The zero-order chi connectivity index (χ0) is 13.7. The van der Waals surface area contributed by atoms with Crippen molar-refractivity contribution in [3.8, 4) is 0 Å². The Hall–Kier alpha value is -1.02. The molecular formula is C17H28N2. The summed E-state index contributed by atoms with van der Waals surface area (Å²) in [6, 6.07) is 8.89. The molecule has 1 heterocycles. The number of para-hydroxylation sites is 1. The third kappa shape index (κ3) is 4.24. The van der Waals surface area contributed by atoms with E-state index in [4.69, 9.17) is 0 Å². The Morgan fingerprint density at radius 1 is 1.16 bits per heavy atom. The van der Waals surface area contributed by atoms with Gasteiger partial charge in [-0.15, -0.1) is 0 Å². The summed E-state index contributed by atoms with van der Waals surface area (Å²) in [6.07, 6.45) is 2.54. The van der Waals surface area contributed by atoms with Crippen molar-refractivity contribution < 1.29 is 0 Å². The molecule has 0 saturated carbocycles. The molecule has 0 aliphatic carbocycles. The number of benzene rings is 1. The van der Waals surface area contributed by atoms with Gasteiger partial charge < -0.3 is 10.2 Å². The lowest BCUT2D eigenvalue weighted by Crippen LogP contribution is -2.37. The van der Waals surface area contributed by atoms with E-state index in [1.54, 1.807) is 0 Å². The molecule has 2 heteroatoms. The van der Waals surface area contributed by atoms with Gasteiger partial charge >= 0.3 is 0 Å². The van der Waals surface area contributed by atoms with E-state index in [1.165, 1.54) is 37.2 Å². The lowest BCUT2D eigenvalue weighted by molar-refractivity contribution is 0.466. The van der Waals surface area contributed by atoms with Crippen LogP contribution in [0.3, 0.4) is 0 Å². The second kappa shape index (κ2) is 6.95. The van der Waals surface area contributed by atoms with Gasteiger partial charge in [0.1, 0.15) is 0 Å². The van der Waals surface area contributed by atoms with Crippen molar-refractivity contribution in [2.75, 3.05) is 31.1 Å². The SMILES string of the molecule is CC(C)CNCC(C)CN1CCCc2ccccc21. The highest BCUT2D eigenvalue weighted by Crippen LogP contribution is 2.27. The van der Waals surface area contributed by atoms with E-state index in [0.29, 0.717) is 5.92 Å². The molecule has 19 heavy (non-hydrogen) atoms. The van der Waals surface area contributed by atoms with Crippen molar-refractivity contribution in [2.24, 2.45) is 11.8 Å². The van der Waals surface area contributed by atoms with Crippen LogP contribution in [0.15, 0.2) is 24.3 Å². The van der Waals surface area contributed by atoms with Crippen molar-refractivity contribution in [2.45, 2.75) is 33.6 Å². The normalized spacial score (nSPS) is 16.5. The van der Waals surface area contributed by atoms with Crippen molar-refractivity contribution in [3.05, 3.63) is 29.8 Å². The van der Waals surface area contributed by atoms with Gasteiger partial charge in [0, 0.05) is 18.8 Å². The molecule has 0 fully saturated rings. The van der Waals surface area contributed by atoms with E-state index in [0.717, 1.165) is 19.0 Å². The second-order valence-electron chi connectivity index (χ2n) is 6.34. The topological polar surface area (TPSA) is 15.3 Å². The number of aryl methyl sites for hydroxylation is 1. The molecule has 1 atom stereocenters. The lowest BCUT2D eigenvalue weighted by Gasteiger charge is -2.33. The Morgan fingerprint density at radius 3 is 2.74 bits per heavy atom. The average Bonchev–Trinajstić information content (AvgIpc) is 2.39. The lowest BCUT2D eigenvalue weighted by atomic mass is 10.0. The van der Waals surface area contributed by atoms with Crippen LogP contribution in [0.4, 0.5) is 5.69 Å². The predicted molar refractivity (Wildman–Crippen MR) is 83.8 cm³/mol. The van der Waals surface area contributed by atoms with Crippen LogP contribution in [0.2, 0.25) is 0 Å². The molecule has 2 nitrogen and oxygen atoms in total. The fraction of sp³-hybridized carbons (Fsp3) is 0.647. The summed E-state index contributed by atoms with van der Waals surface area (Å²) in [5.74, 6) is 1.44. The maximum absolute atomic E-state index is 3.57. The van der Waals surface area contributed by atoms with Crippen LogP contribution in [0.5, 0.6) is 0 Å². The molecule has 1 N–H and O–H groups in total. The van der Waals surface area contributed by atoms with E-state index in [9.17, 15) is 0 Å². The summed E-state index contributed by atoms with van der Waals surface area (Å²) in [5, 5.41) is 3.57. The molecular weight excluding hydrogens is 232 g/mol. The van der Waals surface area contributed by atoms with Crippen LogP contribution in [-0.4, -0.2) is 26.2 Å². The maximum Gasteiger partial charge on any atom is 0.0398 e. The first-order chi connectivity index (χ1) is 9.16. The first-order valence-corrected chi connectivity index (χ1v) is 7.70. The summed E-state index contributed by atoms with van der Waals surface area (Å²) in [5.41, 5.74) is 2.99. The number of hydrogen-bond acceptors (Lipinski definition) is 2. The Morgan fingerprint density at radius 2 is 1.95 bits per heavy atom. The third-order valence-electron chi connectivity index (χ3n) is 3.78. The van der Waals surface area contributed by atoms with E-state index < -0.39 is 0 Å². The molecule has 2 rings (SSSR count). The molecule has 1 aliphatic heterocycles. The highest BCUT2D eigenvalue weighted by molar-refractivity contribution is 5.55. The van der Waals surface area contributed by atoms with Gasteiger partial charge in [0.05, 0.1) is 0 Å². The van der Waals surface area contributed by atoms with Crippen LogP contribution in [0.25, 0.3) is 0 Å². The smallest absolute Gasteiger partial charge is 0.0398 e. The summed E-state index contributed by atoms with van der Waals surface area (Å²) in [7, 11) is 0. The number of nitrogens with one attached hydrogen (secondary N) is 1. The van der Waals surface area contributed by atoms with Gasteiger partial charge in [-0.3, -0.25) is 0 Å². The monoisotopic (exact) mass is 260 g/mol. The number of rotatable bonds is 6. The molecule has 1 unspecified atom stereocenters. The van der Waals surface area contributed by atoms with Gasteiger partial charge in [-0.25, -0.2) is 0 Å². The molecule has 1 aliphatic rings. The molecule has 0 aromatic heterocycles. The predicted octanol–water partition coefficient (Wildman–Crippen LogP) is 3.32. The first-order valence-electron chi connectivity index (χ1n) is 7.70. The van der Waals surface area contributed by atoms with Gasteiger partial charge in [0.25, 0.3) is 0 Å². The van der Waals surface area contributed by atoms with Crippen LogP contribution in [-0.2, 0) is 6.42 Å². The summed E-state index contributed by atoms with van der Waals surface area (Å²) >= 11 is 0. The highest BCUT2D eigenvalue weighted by Gasteiger charge is 2.17. The molecule has 0 amide bonds. The van der Waals surface area contributed by atoms with Crippen LogP contribution < -0.4 is 10.2 Å². The minimum Gasteiger partial charge on any atom is -0.371 e. The zero-order valence-electron chi connectivity index (χ0n) is 12.7. The number of fused-ring (bicyclic) bond motifs is 1. The fourth-order valence-corrected chi connectivity index (χ4v) is 2.86. The summed E-state index contributed by atoms with van der Waals surface area (Å²) in [4.78, 5) is 2.57. The largest absolute Gasteiger partial charge is 0.371 e. The molecule has 106 valence electrons. The quantitative estimate of drug-likeness (QED) is 0.844. The summed E-state index contributed by atoms with van der Waals surface area (Å²) < 4.78 is 0. The minimum absolute atomic E-state index is 0.699. The Bertz CT molecular complexity index is 387.